The highest BCUT2D eigenvalue weighted by Crippen LogP contribution is 2.27. The Bertz CT molecular complexity index is 440. The van der Waals surface area contributed by atoms with E-state index in [-0.39, 0.29) is 35.8 Å². The van der Waals surface area contributed by atoms with E-state index in [1.54, 1.807) is 0 Å². The summed E-state index contributed by atoms with van der Waals surface area (Å²) in [6.07, 6.45) is 0. The molecule has 0 aliphatic rings. The van der Waals surface area contributed by atoms with Crippen LogP contribution in [0.1, 0.15) is 47.2 Å². The largest absolute Gasteiger partial charge is 0.322 e. The molecule has 1 heterocycles. The van der Waals surface area contributed by atoms with E-state index in [2.05, 4.69) is 31.2 Å². The first-order valence-corrected chi connectivity index (χ1v) is 6.16. The van der Waals surface area contributed by atoms with Crippen LogP contribution in [0.2, 0.25) is 0 Å². The lowest BCUT2D eigenvalue weighted by Gasteiger charge is -2.22. The molecule has 1 rings (SSSR count). The van der Waals surface area contributed by atoms with Gasteiger partial charge in [0.15, 0.2) is 0 Å². The summed E-state index contributed by atoms with van der Waals surface area (Å²) < 4.78 is 1.83. The molecule has 0 saturated carbocycles. The van der Waals surface area contributed by atoms with Gasteiger partial charge in [-0.05, 0) is 20.8 Å². The van der Waals surface area contributed by atoms with Crippen LogP contribution in [0.3, 0.4) is 0 Å². The fraction of sp³-hybridized carbons (Fsp3) is 0.692. The van der Waals surface area contributed by atoms with Gasteiger partial charge in [0.2, 0.25) is 5.91 Å². The summed E-state index contributed by atoms with van der Waals surface area (Å²) in [6.45, 7) is 12.4. The number of anilines is 1. The Morgan fingerprint density at radius 3 is 2.21 bits per heavy atom. The molecule has 0 unspecified atom stereocenters. The molecule has 3 N–H and O–H groups in total. The third-order valence-corrected chi connectivity index (χ3v) is 2.57. The molecular formula is C13H25ClN4O. The van der Waals surface area contributed by atoms with Crippen molar-refractivity contribution < 1.29 is 4.79 Å². The van der Waals surface area contributed by atoms with Gasteiger partial charge in [-0.3, -0.25) is 4.79 Å². The minimum absolute atomic E-state index is 0. The van der Waals surface area contributed by atoms with Gasteiger partial charge < -0.3 is 11.1 Å². The van der Waals surface area contributed by atoms with Crippen LogP contribution in [0.15, 0.2) is 6.07 Å². The lowest BCUT2D eigenvalue weighted by atomic mass is 9.92. The van der Waals surface area contributed by atoms with E-state index < -0.39 is 0 Å². The molecule has 19 heavy (non-hydrogen) atoms. The lowest BCUT2D eigenvalue weighted by molar-refractivity contribution is -0.115. The number of aromatic nitrogens is 2. The van der Waals surface area contributed by atoms with Crippen LogP contribution in [-0.4, -0.2) is 22.2 Å². The average Bonchev–Trinajstić information content (AvgIpc) is 2.60. The second-order valence-electron chi connectivity index (χ2n) is 6.50. The normalized spacial score (nSPS) is 11.9. The minimum Gasteiger partial charge on any atom is -0.322 e. The molecular weight excluding hydrogens is 264 g/mol. The summed E-state index contributed by atoms with van der Waals surface area (Å²) in [7, 11) is 0. The number of nitrogens with two attached hydrogens (primary N) is 1. The molecule has 0 radical (unpaired) electrons. The maximum absolute atomic E-state index is 11.4. The second kappa shape index (κ2) is 5.92. The predicted octanol–water partition coefficient (Wildman–Crippen LogP) is 2.25. The van der Waals surface area contributed by atoms with Crippen molar-refractivity contribution in [1.29, 1.82) is 0 Å². The molecule has 0 aliphatic heterocycles. The highest BCUT2D eigenvalue weighted by atomic mass is 35.5. The van der Waals surface area contributed by atoms with Crippen LogP contribution in [0.5, 0.6) is 0 Å². The molecule has 6 heteroatoms. The number of carbonyl (C=O) groups is 1. The number of carbonyl (C=O) groups excluding carboxylic acids is 1. The van der Waals surface area contributed by atoms with Crippen LogP contribution in [0.25, 0.3) is 0 Å². The van der Waals surface area contributed by atoms with Crippen LogP contribution in [-0.2, 0) is 15.7 Å². The van der Waals surface area contributed by atoms with Gasteiger partial charge in [0, 0.05) is 11.5 Å². The molecule has 0 fully saturated rings. The Morgan fingerprint density at radius 1 is 1.32 bits per heavy atom. The second-order valence-corrected chi connectivity index (χ2v) is 6.50. The van der Waals surface area contributed by atoms with Crippen molar-refractivity contribution in [3.8, 4) is 0 Å². The third-order valence-electron chi connectivity index (χ3n) is 2.57. The summed E-state index contributed by atoms with van der Waals surface area (Å²) >= 11 is 0. The van der Waals surface area contributed by atoms with Gasteiger partial charge in [0.1, 0.15) is 5.82 Å². The molecule has 1 aromatic rings. The van der Waals surface area contributed by atoms with Crippen LogP contribution < -0.4 is 11.1 Å². The van der Waals surface area contributed by atoms with Gasteiger partial charge in [0.05, 0.1) is 17.8 Å². The summed E-state index contributed by atoms with van der Waals surface area (Å²) in [4.78, 5) is 11.4. The van der Waals surface area contributed by atoms with E-state index in [1.165, 1.54) is 0 Å². The highest BCUT2D eigenvalue weighted by Gasteiger charge is 2.25. The zero-order chi connectivity index (χ0) is 14.1. The smallest absolute Gasteiger partial charge is 0.239 e. The Balaban J connectivity index is 0.00000324. The van der Waals surface area contributed by atoms with Gasteiger partial charge in [-0.1, -0.05) is 20.8 Å². The molecule has 1 amide bonds. The Hall–Kier alpha value is -1.07. The minimum atomic E-state index is -0.208. The summed E-state index contributed by atoms with van der Waals surface area (Å²) in [5, 5.41) is 7.40. The maximum atomic E-state index is 11.4. The molecule has 0 aromatic carbocycles. The predicted molar refractivity (Wildman–Crippen MR) is 80.9 cm³/mol. The van der Waals surface area contributed by atoms with Gasteiger partial charge in [0.25, 0.3) is 0 Å². The van der Waals surface area contributed by atoms with Gasteiger partial charge in [-0.25, -0.2) is 4.68 Å². The summed E-state index contributed by atoms with van der Waals surface area (Å²) in [5.41, 5.74) is 6.03. The standard InChI is InChI=1S/C13H24N4O.ClH/c1-12(2,3)9-7-10(15-11(18)8-14)17(16-9)13(4,5)6;/h7H,8,14H2,1-6H3,(H,15,18);1H. The van der Waals surface area contributed by atoms with Crippen molar-refractivity contribution in [2.45, 2.75) is 52.5 Å². The average molecular weight is 289 g/mol. The van der Waals surface area contributed by atoms with Crippen LogP contribution >= 0.6 is 12.4 Å². The van der Waals surface area contributed by atoms with Gasteiger partial charge in [-0.2, -0.15) is 5.10 Å². The quantitative estimate of drug-likeness (QED) is 0.877. The molecule has 0 atom stereocenters. The van der Waals surface area contributed by atoms with Crippen LogP contribution in [0, 0.1) is 0 Å². The molecule has 1 aromatic heterocycles. The van der Waals surface area contributed by atoms with Crippen molar-refractivity contribution >= 4 is 24.1 Å². The van der Waals surface area contributed by atoms with Gasteiger partial charge >= 0.3 is 0 Å². The van der Waals surface area contributed by atoms with E-state index in [4.69, 9.17) is 5.73 Å². The SMILES string of the molecule is CC(C)(C)c1cc(NC(=O)CN)n(C(C)(C)C)n1.Cl. The van der Waals surface area contributed by atoms with Crippen molar-refractivity contribution in [1.82, 2.24) is 9.78 Å². The Kier molecular flexibility index (Phi) is 5.59. The summed E-state index contributed by atoms with van der Waals surface area (Å²) in [6, 6.07) is 1.92. The molecule has 0 bridgehead atoms. The molecule has 0 saturated heterocycles. The number of hydrogen-bond acceptors (Lipinski definition) is 3. The number of nitrogens with one attached hydrogen (secondary N) is 1. The van der Waals surface area contributed by atoms with Crippen molar-refractivity contribution in [3.63, 3.8) is 0 Å². The van der Waals surface area contributed by atoms with E-state index in [0.29, 0.717) is 5.82 Å². The van der Waals surface area contributed by atoms with Crippen molar-refractivity contribution in [3.05, 3.63) is 11.8 Å². The topological polar surface area (TPSA) is 72.9 Å². The zero-order valence-electron chi connectivity index (χ0n) is 12.6. The fourth-order valence-electron chi connectivity index (χ4n) is 1.54. The van der Waals surface area contributed by atoms with Crippen LogP contribution in [0.4, 0.5) is 5.82 Å². The molecule has 110 valence electrons. The number of rotatable bonds is 2. The number of halogens is 1. The molecule has 5 nitrogen and oxygen atoms in total. The molecule has 0 spiro atoms. The van der Waals surface area contributed by atoms with E-state index >= 15 is 0 Å². The first-order valence-electron chi connectivity index (χ1n) is 6.16. The third kappa shape index (κ3) is 4.51. The maximum Gasteiger partial charge on any atom is 0.239 e. The number of amides is 1. The number of nitrogens with zero attached hydrogens (tertiary/aromatic N) is 2. The Labute approximate surface area is 121 Å². The summed E-state index contributed by atoms with van der Waals surface area (Å²) in [5.74, 6) is 0.490. The zero-order valence-corrected chi connectivity index (χ0v) is 13.4. The molecule has 0 aliphatic carbocycles. The first-order chi connectivity index (χ1) is 8.05. The van der Waals surface area contributed by atoms with E-state index in [0.717, 1.165) is 5.69 Å². The van der Waals surface area contributed by atoms with E-state index in [1.807, 2.05) is 31.5 Å². The lowest BCUT2D eigenvalue weighted by Crippen LogP contribution is -2.29. The number of hydrogen-bond donors (Lipinski definition) is 2. The fourth-order valence-corrected chi connectivity index (χ4v) is 1.54. The van der Waals surface area contributed by atoms with Gasteiger partial charge in [-0.15, -0.1) is 12.4 Å². The Morgan fingerprint density at radius 2 is 1.84 bits per heavy atom. The van der Waals surface area contributed by atoms with Crippen molar-refractivity contribution in [2.75, 3.05) is 11.9 Å². The monoisotopic (exact) mass is 288 g/mol. The highest BCUT2D eigenvalue weighted by molar-refractivity contribution is 5.91. The van der Waals surface area contributed by atoms with E-state index in [9.17, 15) is 4.79 Å². The van der Waals surface area contributed by atoms with Crippen molar-refractivity contribution in [2.24, 2.45) is 5.73 Å². The first kappa shape index (κ1) is 17.9.